The van der Waals surface area contributed by atoms with Crippen molar-refractivity contribution in [2.75, 3.05) is 7.05 Å². The van der Waals surface area contributed by atoms with Crippen molar-refractivity contribution in [3.63, 3.8) is 0 Å². The van der Waals surface area contributed by atoms with Crippen molar-refractivity contribution in [2.45, 2.75) is 25.4 Å². The number of carbonyl (C=O) groups is 1. The highest BCUT2D eigenvalue weighted by Crippen LogP contribution is 2.09. The van der Waals surface area contributed by atoms with Gasteiger partial charge in [0.2, 0.25) is 5.91 Å². The lowest BCUT2D eigenvalue weighted by atomic mass is 10.1. The first-order chi connectivity index (χ1) is 9.69. The van der Waals surface area contributed by atoms with E-state index in [4.69, 9.17) is 5.73 Å². The number of guanidine groups is 1. The molecule has 4 N–H and O–H groups in total. The maximum Gasteiger partial charge on any atom is 0.248 e. The van der Waals surface area contributed by atoms with E-state index in [-0.39, 0.29) is 0 Å². The molecule has 106 valence electrons. The molecule has 5 heteroatoms. The van der Waals surface area contributed by atoms with Crippen LogP contribution >= 0.6 is 0 Å². The number of hydrogen-bond acceptors (Lipinski definition) is 2. The predicted octanol–water partition coefficient (Wildman–Crippen LogP) is 1.17. The summed E-state index contributed by atoms with van der Waals surface area (Å²) in [5.41, 5.74) is 6.80. The third-order valence-electron chi connectivity index (χ3n) is 3.27. The molecule has 1 aliphatic rings. The van der Waals surface area contributed by atoms with Gasteiger partial charge in [0.25, 0.3) is 0 Å². The number of aliphatic imine (C=N–C) groups is 1. The van der Waals surface area contributed by atoms with E-state index in [2.05, 4.69) is 27.8 Å². The third-order valence-corrected chi connectivity index (χ3v) is 3.27. The highest BCUT2D eigenvalue weighted by molar-refractivity contribution is 5.92. The molecule has 0 radical (unpaired) electrons. The van der Waals surface area contributed by atoms with Gasteiger partial charge >= 0.3 is 0 Å². The summed E-state index contributed by atoms with van der Waals surface area (Å²) in [4.78, 5) is 15.2. The van der Waals surface area contributed by atoms with Crippen LogP contribution < -0.4 is 16.4 Å². The third kappa shape index (κ3) is 3.85. The van der Waals surface area contributed by atoms with Crippen LogP contribution in [0.3, 0.4) is 0 Å². The standard InChI is InChI=1S/C15H20N4O/c1-17-15(19-13-4-2-3-5-13)18-10-11-6-8-12(9-7-11)14(16)20/h2-3,6-9,13H,4-5,10H2,1H3,(H2,16,20)(H2,17,18,19). The van der Waals surface area contributed by atoms with E-state index in [1.807, 2.05) is 12.1 Å². The number of hydrogen-bond donors (Lipinski definition) is 3. The van der Waals surface area contributed by atoms with E-state index in [9.17, 15) is 4.79 Å². The van der Waals surface area contributed by atoms with Crippen LogP contribution in [-0.4, -0.2) is 25.0 Å². The maximum absolute atomic E-state index is 11.0. The molecular formula is C15H20N4O. The van der Waals surface area contributed by atoms with Gasteiger partial charge in [-0.3, -0.25) is 9.79 Å². The first kappa shape index (κ1) is 14.1. The number of benzene rings is 1. The molecule has 0 aliphatic heterocycles. The first-order valence-electron chi connectivity index (χ1n) is 6.70. The topological polar surface area (TPSA) is 79.5 Å². The van der Waals surface area contributed by atoms with Crippen molar-refractivity contribution in [3.05, 3.63) is 47.5 Å². The van der Waals surface area contributed by atoms with Crippen molar-refractivity contribution in [2.24, 2.45) is 10.7 Å². The number of nitrogens with zero attached hydrogens (tertiary/aromatic N) is 1. The molecule has 0 spiro atoms. The summed E-state index contributed by atoms with van der Waals surface area (Å²) in [5, 5.41) is 6.62. The quantitative estimate of drug-likeness (QED) is 0.437. The minimum atomic E-state index is -0.407. The summed E-state index contributed by atoms with van der Waals surface area (Å²) in [7, 11) is 1.76. The molecule has 2 rings (SSSR count). The molecule has 0 atom stereocenters. The van der Waals surface area contributed by atoms with Crippen molar-refractivity contribution in [3.8, 4) is 0 Å². The second-order valence-electron chi connectivity index (χ2n) is 4.77. The lowest BCUT2D eigenvalue weighted by Gasteiger charge is -2.17. The van der Waals surface area contributed by atoms with E-state index >= 15 is 0 Å². The second-order valence-corrected chi connectivity index (χ2v) is 4.77. The number of carbonyl (C=O) groups excluding carboxylic acids is 1. The first-order valence-corrected chi connectivity index (χ1v) is 6.70. The van der Waals surface area contributed by atoms with Crippen LogP contribution in [0.1, 0.15) is 28.8 Å². The van der Waals surface area contributed by atoms with Gasteiger partial charge < -0.3 is 16.4 Å². The van der Waals surface area contributed by atoms with E-state index in [1.165, 1.54) is 0 Å². The van der Waals surface area contributed by atoms with Crippen molar-refractivity contribution < 1.29 is 4.79 Å². The van der Waals surface area contributed by atoms with E-state index in [0.29, 0.717) is 18.2 Å². The molecule has 1 aromatic carbocycles. The lowest BCUT2D eigenvalue weighted by molar-refractivity contribution is 0.100. The van der Waals surface area contributed by atoms with Crippen molar-refractivity contribution in [1.82, 2.24) is 10.6 Å². The summed E-state index contributed by atoms with van der Waals surface area (Å²) in [6.45, 7) is 0.652. The Kier molecular flexibility index (Phi) is 4.76. The van der Waals surface area contributed by atoms with Gasteiger partial charge in [-0.2, -0.15) is 0 Å². The Labute approximate surface area is 119 Å². The van der Waals surface area contributed by atoms with Gasteiger partial charge in [0, 0.05) is 25.2 Å². The second kappa shape index (κ2) is 6.75. The summed E-state index contributed by atoms with van der Waals surface area (Å²) < 4.78 is 0. The number of amides is 1. The molecular weight excluding hydrogens is 252 g/mol. The highest BCUT2D eigenvalue weighted by Gasteiger charge is 2.11. The van der Waals surface area contributed by atoms with Gasteiger partial charge in [0.1, 0.15) is 0 Å². The molecule has 0 unspecified atom stereocenters. The van der Waals surface area contributed by atoms with Gasteiger partial charge in [-0.1, -0.05) is 24.3 Å². The Balaban J connectivity index is 1.84. The molecule has 5 nitrogen and oxygen atoms in total. The highest BCUT2D eigenvalue weighted by atomic mass is 16.1. The maximum atomic E-state index is 11.0. The molecule has 0 aromatic heterocycles. The van der Waals surface area contributed by atoms with Gasteiger partial charge in [-0.05, 0) is 30.5 Å². The Bertz CT molecular complexity index is 511. The molecule has 1 aliphatic carbocycles. The fourth-order valence-electron chi connectivity index (χ4n) is 2.10. The van der Waals surface area contributed by atoms with E-state index in [0.717, 1.165) is 24.4 Å². The van der Waals surface area contributed by atoms with Gasteiger partial charge in [-0.15, -0.1) is 0 Å². The zero-order valence-corrected chi connectivity index (χ0v) is 11.6. The molecule has 0 saturated heterocycles. The predicted molar refractivity (Wildman–Crippen MR) is 80.5 cm³/mol. The minimum Gasteiger partial charge on any atom is -0.366 e. The average molecular weight is 272 g/mol. The van der Waals surface area contributed by atoms with Crippen LogP contribution in [0.2, 0.25) is 0 Å². The Hall–Kier alpha value is -2.30. The van der Waals surface area contributed by atoms with Crippen LogP contribution in [0.4, 0.5) is 0 Å². The number of rotatable bonds is 4. The number of nitrogens with two attached hydrogens (primary N) is 1. The molecule has 0 heterocycles. The number of primary amides is 1. The molecule has 0 saturated carbocycles. The summed E-state index contributed by atoms with van der Waals surface area (Å²) >= 11 is 0. The Morgan fingerprint density at radius 1 is 1.30 bits per heavy atom. The van der Waals surface area contributed by atoms with Crippen LogP contribution in [0, 0.1) is 0 Å². The average Bonchev–Trinajstić information content (AvgIpc) is 2.96. The summed E-state index contributed by atoms with van der Waals surface area (Å²) in [6.07, 6.45) is 6.42. The van der Waals surface area contributed by atoms with Gasteiger partial charge in [0.15, 0.2) is 5.96 Å². The molecule has 0 bridgehead atoms. The van der Waals surface area contributed by atoms with E-state index in [1.54, 1.807) is 19.2 Å². The van der Waals surface area contributed by atoms with Crippen LogP contribution in [-0.2, 0) is 6.54 Å². The zero-order chi connectivity index (χ0) is 14.4. The lowest BCUT2D eigenvalue weighted by Crippen LogP contribution is -2.42. The Morgan fingerprint density at radius 2 is 1.95 bits per heavy atom. The van der Waals surface area contributed by atoms with Crippen LogP contribution in [0.5, 0.6) is 0 Å². The van der Waals surface area contributed by atoms with Gasteiger partial charge in [0.05, 0.1) is 0 Å². The fourth-order valence-corrected chi connectivity index (χ4v) is 2.10. The van der Waals surface area contributed by atoms with Crippen LogP contribution in [0.25, 0.3) is 0 Å². The zero-order valence-electron chi connectivity index (χ0n) is 11.6. The largest absolute Gasteiger partial charge is 0.366 e. The molecule has 0 fully saturated rings. The normalized spacial score (nSPS) is 15.3. The van der Waals surface area contributed by atoms with Gasteiger partial charge in [-0.25, -0.2) is 0 Å². The van der Waals surface area contributed by atoms with Crippen LogP contribution in [0.15, 0.2) is 41.4 Å². The summed E-state index contributed by atoms with van der Waals surface area (Å²) in [6, 6.07) is 7.67. The minimum absolute atomic E-state index is 0.407. The fraction of sp³-hybridized carbons (Fsp3) is 0.333. The summed E-state index contributed by atoms with van der Waals surface area (Å²) in [5.74, 6) is 0.383. The van der Waals surface area contributed by atoms with Crippen molar-refractivity contribution >= 4 is 11.9 Å². The number of nitrogens with one attached hydrogen (secondary N) is 2. The van der Waals surface area contributed by atoms with E-state index < -0.39 is 5.91 Å². The molecule has 20 heavy (non-hydrogen) atoms. The SMILES string of the molecule is CN=C(NCc1ccc(C(N)=O)cc1)NC1CC=CC1. The monoisotopic (exact) mass is 272 g/mol. The van der Waals surface area contributed by atoms with Crippen molar-refractivity contribution in [1.29, 1.82) is 0 Å². The molecule has 1 aromatic rings. The molecule has 1 amide bonds. The Morgan fingerprint density at radius 3 is 2.50 bits per heavy atom. The smallest absolute Gasteiger partial charge is 0.248 e.